The Morgan fingerprint density at radius 3 is 2.26 bits per heavy atom. The zero-order valence-corrected chi connectivity index (χ0v) is 20.4. The third-order valence-electron chi connectivity index (χ3n) is 5.58. The maximum Gasteiger partial charge on any atom is 0.323 e. The van der Waals surface area contributed by atoms with Crippen LogP contribution in [0.3, 0.4) is 0 Å². The van der Waals surface area contributed by atoms with Gasteiger partial charge in [0.25, 0.3) is 0 Å². The number of hydrogen-bond acceptors (Lipinski definition) is 3. The van der Waals surface area contributed by atoms with E-state index >= 15 is 0 Å². The van der Waals surface area contributed by atoms with Crippen LogP contribution in [-0.4, -0.2) is 35.9 Å². The van der Waals surface area contributed by atoms with E-state index in [1.54, 1.807) is 0 Å². The van der Waals surface area contributed by atoms with E-state index in [1.165, 1.54) is 0 Å². The average molecular weight is 493 g/mol. The number of anilines is 3. The quantitative estimate of drug-likeness (QED) is 0.257. The molecule has 4 aromatic rings. The van der Waals surface area contributed by atoms with E-state index in [2.05, 4.69) is 28.5 Å². The van der Waals surface area contributed by atoms with Gasteiger partial charge in [0, 0.05) is 47.2 Å². The third kappa shape index (κ3) is 5.61. The van der Waals surface area contributed by atoms with Crippen molar-refractivity contribution in [1.29, 1.82) is 0 Å². The minimum absolute atomic E-state index is 0.321. The molecule has 0 aliphatic rings. The molecular formula is C27H26Cl2N4O. The van der Waals surface area contributed by atoms with E-state index in [1.807, 2.05) is 72.8 Å². The van der Waals surface area contributed by atoms with Gasteiger partial charge in [-0.15, -0.1) is 23.2 Å². The Labute approximate surface area is 209 Å². The number of nitrogens with one attached hydrogen (secondary N) is 2. The van der Waals surface area contributed by atoms with Gasteiger partial charge in [0.2, 0.25) is 0 Å². The summed E-state index contributed by atoms with van der Waals surface area (Å²) in [5.41, 5.74) is 6.19. The first kappa shape index (κ1) is 23.9. The van der Waals surface area contributed by atoms with Crippen molar-refractivity contribution in [2.24, 2.45) is 0 Å². The number of fused-ring (bicyclic) bond motifs is 1. The lowest BCUT2D eigenvalue weighted by atomic mass is 10.0. The molecule has 0 bridgehead atoms. The molecule has 0 spiro atoms. The van der Waals surface area contributed by atoms with Gasteiger partial charge < -0.3 is 15.5 Å². The maximum atomic E-state index is 12.9. The number of halogens is 2. The van der Waals surface area contributed by atoms with E-state index in [0.29, 0.717) is 36.2 Å². The normalized spacial score (nSPS) is 10.8. The number of carbonyl (C=O) groups is 1. The van der Waals surface area contributed by atoms with Crippen molar-refractivity contribution in [2.45, 2.75) is 6.92 Å². The summed E-state index contributed by atoms with van der Waals surface area (Å²) in [7, 11) is 0. The Hall–Kier alpha value is -3.28. The van der Waals surface area contributed by atoms with Crippen LogP contribution in [0.25, 0.3) is 22.2 Å². The number of benzene rings is 3. The Morgan fingerprint density at radius 2 is 1.56 bits per heavy atom. The molecule has 0 unspecified atom stereocenters. The van der Waals surface area contributed by atoms with Crippen molar-refractivity contribution in [2.75, 3.05) is 40.4 Å². The fourth-order valence-corrected chi connectivity index (χ4v) is 4.30. The summed E-state index contributed by atoms with van der Waals surface area (Å²) in [6.45, 7) is 3.47. The zero-order valence-electron chi connectivity index (χ0n) is 18.9. The van der Waals surface area contributed by atoms with E-state index in [4.69, 9.17) is 28.2 Å². The highest BCUT2D eigenvalue weighted by molar-refractivity contribution is 6.18. The zero-order chi connectivity index (χ0) is 23.9. The van der Waals surface area contributed by atoms with Gasteiger partial charge in [-0.25, -0.2) is 9.78 Å². The van der Waals surface area contributed by atoms with Crippen LogP contribution in [0.4, 0.5) is 21.9 Å². The molecule has 7 heteroatoms. The average Bonchev–Trinajstić information content (AvgIpc) is 2.84. The van der Waals surface area contributed by atoms with Crippen LogP contribution >= 0.6 is 23.2 Å². The number of aryl methyl sites for hydroxylation is 1. The molecule has 0 aliphatic carbocycles. The summed E-state index contributed by atoms with van der Waals surface area (Å²) in [5, 5.41) is 6.80. The molecule has 0 fully saturated rings. The molecular weight excluding hydrogens is 467 g/mol. The minimum atomic E-state index is -0.321. The molecule has 0 aliphatic heterocycles. The first-order valence-corrected chi connectivity index (χ1v) is 12.2. The predicted octanol–water partition coefficient (Wildman–Crippen LogP) is 7.14. The Balaban J connectivity index is 1.55. The highest BCUT2D eigenvalue weighted by Gasteiger charge is 2.12. The number of para-hydroxylation sites is 1. The summed E-state index contributed by atoms with van der Waals surface area (Å²) in [5.74, 6) is 1.04. The number of pyridine rings is 1. The summed E-state index contributed by atoms with van der Waals surface area (Å²) >= 11 is 11.8. The molecule has 1 aromatic heterocycles. The second-order valence-corrected chi connectivity index (χ2v) is 8.63. The predicted molar refractivity (Wildman–Crippen MR) is 145 cm³/mol. The van der Waals surface area contributed by atoms with Gasteiger partial charge in [0.15, 0.2) is 0 Å². The number of nitrogens with zero attached hydrogens (tertiary/aromatic N) is 2. The molecule has 174 valence electrons. The van der Waals surface area contributed by atoms with Crippen molar-refractivity contribution in [3.63, 3.8) is 0 Å². The van der Waals surface area contributed by atoms with E-state index < -0.39 is 0 Å². The standard InChI is InChI=1S/C27H26Cl2N4O/c1-19-6-2-3-7-22(19)25-18-26(23-8-4-5-9-24(23)31-25)32-27(34)30-20-10-12-21(13-11-20)33(16-14-28)17-15-29/h2-13,18H,14-17H2,1H3,(H2,30,31,32,34). The highest BCUT2D eigenvalue weighted by Crippen LogP contribution is 2.30. The SMILES string of the molecule is Cc1ccccc1-c1cc(NC(=O)Nc2ccc(N(CCCl)CCCl)cc2)c2ccccc2n1. The number of carbonyl (C=O) groups excluding carboxylic acids is 1. The molecule has 1 heterocycles. The molecule has 4 rings (SSSR count). The molecule has 0 radical (unpaired) electrons. The van der Waals surface area contributed by atoms with Crippen LogP contribution in [-0.2, 0) is 0 Å². The number of amides is 2. The molecule has 0 saturated carbocycles. The molecule has 2 N–H and O–H groups in total. The highest BCUT2D eigenvalue weighted by atomic mass is 35.5. The molecule has 0 saturated heterocycles. The van der Waals surface area contributed by atoms with Crippen LogP contribution < -0.4 is 15.5 Å². The van der Waals surface area contributed by atoms with Crippen LogP contribution in [0.2, 0.25) is 0 Å². The van der Waals surface area contributed by atoms with Crippen molar-refractivity contribution in [3.05, 3.63) is 84.4 Å². The second kappa shape index (κ2) is 11.2. The smallest absolute Gasteiger partial charge is 0.323 e. The Bertz CT molecular complexity index is 1270. The van der Waals surface area contributed by atoms with Gasteiger partial charge in [-0.1, -0.05) is 42.5 Å². The van der Waals surface area contributed by atoms with Gasteiger partial charge in [0.1, 0.15) is 0 Å². The fourth-order valence-electron chi connectivity index (χ4n) is 3.89. The first-order valence-electron chi connectivity index (χ1n) is 11.1. The van der Waals surface area contributed by atoms with Gasteiger partial charge in [-0.2, -0.15) is 0 Å². The fraction of sp³-hybridized carbons (Fsp3) is 0.185. The molecule has 5 nitrogen and oxygen atoms in total. The summed E-state index contributed by atoms with van der Waals surface area (Å²) < 4.78 is 0. The third-order valence-corrected chi connectivity index (χ3v) is 5.92. The minimum Gasteiger partial charge on any atom is -0.369 e. The van der Waals surface area contributed by atoms with Gasteiger partial charge in [0.05, 0.1) is 16.9 Å². The van der Waals surface area contributed by atoms with Crippen molar-refractivity contribution >= 4 is 57.2 Å². The van der Waals surface area contributed by atoms with Crippen molar-refractivity contribution in [3.8, 4) is 11.3 Å². The Morgan fingerprint density at radius 1 is 0.882 bits per heavy atom. The van der Waals surface area contributed by atoms with Crippen LogP contribution in [0, 0.1) is 6.92 Å². The van der Waals surface area contributed by atoms with Crippen LogP contribution in [0.5, 0.6) is 0 Å². The largest absolute Gasteiger partial charge is 0.369 e. The lowest BCUT2D eigenvalue weighted by molar-refractivity contribution is 0.262. The summed E-state index contributed by atoms with van der Waals surface area (Å²) in [6.07, 6.45) is 0. The number of rotatable bonds is 8. The summed E-state index contributed by atoms with van der Waals surface area (Å²) in [4.78, 5) is 19.8. The van der Waals surface area contributed by atoms with Gasteiger partial charge in [-0.05, 0) is 48.9 Å². The number of hydrogen-bond donors (Lipinski definition) is 2. The van der Waals surface area contributed by atoms with E-state index in [-0.39, 0.29) is 6.03 Å². The van der Waals surface area contributed by atoms with E-state index in [9.17, 15) is 4.79 Å². The number of aromatic nitrogens is 1. The van der Waals surface area contributed by atoms with Crippen LogP contribution in [0.15, 0.2) is 78.9 Å². The van der Waals surface area contributed by atoms with Crippen molar-refractivity contribution < 1.29 is 4.79 Å². The van der Waals surface area contributed by atoms with Gasteiger partial charge >= 0.3 is 6.03 Å². The van der Waals surface area contributed by atoms with Gasteiger partial charge in [-0.3, -0.25) is 0 Å². The lowest BCUT2D eigenvalue weighted by Crippen LogP contribution is -2.27. The number of alkyl halides is 2. The molecule has 3 aromatic carbocycles. The first-order chi connectivity index (χ1) is 16.6. The molecule has 2 amide bonds. The Kier molecular flexibility index (Phi) is 7.88. The second-order valence-electron chi connectivity index (χ2n) is 7.88. The van der Waals surface area contributed by atoms with E-state index in [0.717, 1.165) is 33.4 Å². The lowest BCUT2D eigenvalue weighted by Gasteiger charge is -2.23. The maximum absolute atomic E-state index is 12.9. The van der Waals surface area contributed by atoms with Crippen LogP contribution in [0.1, 0.15) is 5.56 Å². The monoisotopic (exact) mass is 492 g/mol. The summed E-state index contributed by atoms with van der Waals surface area (Å²) in [6, 6.07) is 25.1. The molecule has 0 atom stereocenters. The topological polar surface area (TPSA) is 57.3 Å². The molecule has 34 heavy (non-hydrogen) atoms. The number of urea groups is 1. The van der Waals surface area contributed by atoms with Crippen molar-refractivity contribution in [1.82, 2.24) is 4.98 Å².